The maximum absolute atomic E-state index is 12.9. The van der Waals surface area contributed by atoms with Gasteiger partial charge in [0.05, 0.1) is 13.2 Å². The molecule has 3 nitrogen and oxygen atoms in total. The van der Waals surface area contributed by atoms with E-state index in [1.54, 1.807) is 6.07 Å². The molecule has 0 saturated heterocycles. The first-order valence-electron chi connectivity index (χ1n) is 6.02. The van der Waals surface area contributed by atoms with Crippen molar-refractivity contribution in [1.82, 2.24) is 5.32 Å². The van der Waals surface area contributed by atoms with Crippen LogP contribution in [0.3, 0.4) is 0 Å². The van der Waals surface area contributed by atoms with Gasteiger partial charge >= 0.3 is 0 Å². The Labute approximate surface area is 112 Å². The molecule has 1 aromatic rings. The summed E-state index contributed by atoms with van der Waals surface area (Å²) in [4.78, 5) is 0. The first-order chi connectivity index (χ1) is 8.65. The number of halogens is 2. The highest BCUT2D eigenvalue weighted by Crippen LogP contribution is 2.23. The van der Waals surface area contributed by atoms with Crippen LogP contribution in [0.4, 0.5) is 4.39 Å². The van der Waals surface area contributed by atoms with Gasteiger partial charge in [0.1, 0.15) is 5.82 Å². The fourth-order valence-electron chi connectivity index (χ4n) is 1.62. The number of nitrogens with one attached hydrogen (secondary N) is 1. The minimum atomic E-state index is -0.326. The Kier molecular flexibility index (Phi) is 7.20. The van der Waals surface area contributed by atoms with Gasteiger partial charge in [0.2, 0.25) is 0 Å². The van der Waals surface area contributed by atoms with Gasteiger partial charge in [-0.1, -0.05) is 17.7 Å². The molecule has 0 aliphatic heterocycles. The topological polar surface area (TPSA) is 41.5 Å². The van der Waals surface area contributed by atoms with Crippen molar-refractivity contribution in [3.05, 3.63) is 34.6 Å². The molecule has 1 unspecified atom stereocenters. The number of hydrogen-bond acceptors (Lipinski definition) is 3. The zero-order chi connectivity index (χ0) is 13.4. The summed E-state index contributed by atoms with van der Waals surface area (Å²) in [6.45, 7) is 3.79. The highest BCUT2D eigenvalue weighted by Gasteiger charge is 2.09. The molecular formula is C13H19ClFNO2. The van der Waals surface area contributed by atoms with E-state index < -0.39 is 0 Å². The Morgan fingerprint density at radius 3 is 2.89 bits per heavy atom. The Balaban J connectivity index is 2.29. The van der Waals surface area contributed by atoms with Gasteiger partial charge in [-0.15, -0.1) is 0 Å². The summed E-state index contributed by atoms with van der Waals surface area (Å²) in [6.07, 6.45) is 0.850. The average molecular weight is 276 g/mol. The summed E-state index contributed by atoms with van der Waals surface area (Å²) in [6, 6.07) is 4.48. The maximum Gasteiger partial charge on any atom is 0.124 e. The molecule has 0 fully saturated rings. The standard InChI is InChI=1S/C13H19ClFNO2/c1-10(16-5-2-7-18-8-6-17)12-4-3-11(15)9-13(12)14/h3-4,9-10,16-17H,2,5-8H2,1H3. The van der Waals surface area contributed by atoms with Crippen LogP contribution >= 0.6 is 11.6 Å². The molecule has 0 saturated carbocycles. The SMILES string of the molecule is CC(NCCCOCCO)c1ccc(F)cc1Cl. The van der Waals surface area contributed by atoms with Crippen LogP contribution in [0.1, 0.15) is 24.9 Å². The van der Waals surface area contributed by atoms with Gasteiger partial charge in [0.25, 0.3) is 0 Å². The normalized spacial score (nSPS) is 12.7. The second-order valence-electron chi connectivity index (χ2n) is 4.03. The van der Waals surface area contributed by atoms with Crippen LogP contribution in [0, 0.1) is 5.82 Å². The molecule has 0 amide bonds. The van der Waals surface area contributed by atoms with Crippen molar-refractivity contribution in [2.75, 3.05) is 26.4 Å². The Bertz CT molecular complexity index is 363. The zero-order valence-corrected chi connectivity index (χ0v) is 11.2. The Hall–Kier alpha value is -0.680. The highest BCUT2D eigenvalue weighted by molar-refractivity contribution is 6.31. The molecule has 18 heavy (non-hydrogen) atoms. The lowest BCUT2D eigenvalue weighted by atomic mass is 10.1. The summed E-state index contributed by atoms with van der Waals surface area (Å²) in [5.41, 5.74) is 0.884. The van der Waals surface area contributed by atoms with E-state index in [2.05, 4.69) is 5.32 Å². The number of aliphatic hydroxyl groups is 1. The van der Waals surface area contributed by atoms with Gasteiger partial charge in [0.15, 0.2) is 0 Å². The second-order valence-corrected chi connectivity index (χ2v) is 4.44. The van der Waals surface area contributed by atoms with Crippen molar-refractivity contribution < 1.29 is 14.2 Å². The molecule has 5 heteroatoms. The molecule has 0 spiro atoms. The van der Waals surface area contributed by atoms with Crippen molar-refractivity contribution >= 4 is 11.6 Å². The first kappa shape index (κ1) is 15.4. The minimum Gasteiger partial charge on any atom is -0.394 e. The first-order valence-corrected chi connectivity index (χ1v) is 6.40. The van der Waals surface area contributed by atoms with E-state index in [1.807, 2.05) is 6.92 Å². The fourth-order valence-corrected chi connectivity index (χ4v) is 1.95. The van der Waals surface area contributed by atoms with Gasteiger partial charge in [-0.3, -0.25) is 0 Å². The van der Waals surface area contributed by atoms with Crippen LogP contribution in [-0.2, 0) is 4.74 Å². The van der Waals surface area contributed by atoms with Crippen LogP contribution in [0.5, 0.6) is 0 Å². The van der Waals surface area contributed by atoms with Gasteiger partial charge in [-0.05, 0) is 37.6 Å². The zero-order valence-electron chi connectivity index (χ0n) is 10.5. The van der Waals surface area contributed by atoms with E-state index in [0.717, 1.165) is 18.5 Å². The van der Waals surface area contributed by atoms with Gasteiger partial charge in [0, 0.05) is 17.7 Å². The molecule has 0 aromatic heterocycles. The van der Waals surface area contributed by atoms with E-state index in [0.29, 0.717) is 18.2 Å². The van der Waals surface area contributed by atoms with E-state index in [9.17, 15) is 4.39 Å². The van der Waals surface area contributed by atoms with Crippen molar-refractivity contribution in [3.8, 4) is 0 Å². The Morgan fingerprint density at radius 1 is 1.44 bits per heavy atom. The molecule has 1 aromatic carbocycles. The molecule has 0 bridgehead atoms. The minimum absolute atomic E-state index is 0.0506. The average Bonchev–Trinajstić information content (AvgIpc) is 2.33. The van der Waals surface area contributed by atoms with Gasteiger partial charge in [-0.2, -0.15) is 0 Å². The van der Waals surface area contributed by atoms with Crippen LogP contribution in [0.2, 0.25) is 5.02 Å². The van der Waals surface area contributed by atoms with Crippen LogP contribution < -0.4 is 5.32 Å². The highest BCUT2D eigenvalue weighted by atomic mass is 35.5. The van der Waals surface area contributed by atoms with E-state index >= 15 is 0 Å². The van der Waals surface area contributed by atoms with Crippen molar-refractivity contribution in [2.24, 2.45) is 0 Å². The summed E-state index contributed by atoms with van der Waals surface area (Å²) in [5, 5.41) is 12.3. The van der Waals surface area contributed by atoms with Crippen molar-refractivity contribution in [2.45, 2.75) is 19.4 Å². The third-order valence-corrected chi connectivity index (χ3v) is 2.91. The number of hydrogen-bond donors (Lipinski definition) is 2. The smallest absolute Gasteiger partial charge is 0.124 e. The van der Waals surface area contributed by atoms with Crippen LogP contribution in [0.15, 0.2) is 18.2 Å². The predicted molar refractivity (Wildman–Crippen MR) is 70.3 cm³/mol. The number of rotatable bonds is 8. The number of ether oxygens (including phenoxy) is 1. The summed E-state index contributed by atoms with van der Waals surface area (Å²) < 4.78 is 18.0. The van der Waals surface area contributed by atoms with Crippen LogP contribution in [0.25, 0.3) is 0 Å². The predicted octanol–water partition coefficient (Wildman–Crippen LogP) is 2.53. The van der Waals surface area contributed by atoms with Gasteiger partial charge in [-0.25, -0.2) is 4.39 Å². The summed E-state index contributed by atoms with van der Waals surface area (Å²) in [5.74, 6) is -0.326. The van der Waals surface area contributed by atoms with E-state index in [4.69, 9.17) is 21.4 Å². The quantitative estimate of drug-likeness (QED) is 0.717. The molecule has 0 radical (unpaired) electrons. The molecular weight excluding hydrogens is 257 g/mol. The van der Waals surface area contributed by atoms with Crippen molar-refractivity contribution in [1.29, 1.82) is 0 Å². The Morgan fingerprint density at radius 2 is 2.22 bits per heavy atom. The van der Waals surface area contributed by atoms with E-state index in [1.165, 1.54) is 12.1 Å². The largest absolute Gasteiger partial charge is 0.394 e. The second kappa shape index (κ2) is 8.43. The lowest BCUT2D eigenvalue weighted by Crippen LogP contribution is -2.21. The maximum atomic E-state index is 12.9. The van der Waals surface area contributed by atoms with E-state index in [-0.39, 0.29) is 18.5 Å². The van der Waals surface area contributed by atoms with Gasteiger partial charge < -0.3 is 15.2 Å². The molecule has 1 rings (SSSR count). The molecule has 102 valence electrons. The molecule has 0 aliphatic rings. The molecule has 0 heterocycles. The lowest BCUT2D eigenvalue weighted by molar-refractivity contribution is 0.0904. The summed E-state index contributed by atoms with van der Waals surface area (Å²) in [7, 11) is 0. The van der Waals surface area contributed by atoms with Crippen molar-refractivity contribution in [3.63, 3.8) is 0 Å². The third kappa shape index (κ3) is 5.31. The number of benzene rings is 1. The molecule has 0 aliphatic carbocycles. The third-order valence-electron chi connectivity index (χ3n) is 2.58. The number of aliphatic hydroxyl groups excluding tert-OH is 1. The molecule has 2 N–H and O–H groups in total. The monoisotopic (exact) mass is 275 g/mol. The van der Waals surface area contributed by atoms with Crippen LogP contribution in [-0.4, -0.2) is 31.5 Å². The fraction of sp³-hybridized carbons (Fsp3) is 0.538. The lowest BCUT2D eigenvalue weighted by Gasteiger charge is -2.15. The molecule has 1 atom stereocenters. The summed E-state index contributed by atoms with van der Waals surface area (Å²) >= 11 is 5.97.